The van der Waals surface area contributed by atoms with E-state index in [1.807, 2.05) is 7.05 Å². The highest BCUT2D eigenvalue weighted by Crippen LogP contribution is 2.50. The van der Waals surface area contributed by atoms with Crippen molar-refractivity contribution in [3.63, 3.8) is 0 Å². The molecule has 0 bridgehead atoms. The number of nitrogens with one attached hydrogen (secondary N) is 1. The number of allylic oxidation sites excluding steroid dienone is 3. The van der Waals surface area contributed by atoms with E-state index >= 15 is 0 Å². The molecule has 1 saturated carbocycles. The van der Waals surface area contributed by atoms with E-state index in [0.717, 1.165) is 24.8 Å². The molecule has 1 aliphatic carbocycles. The molecule has 0 aromatic heterocycles. The van der Waals surface area contributed by atoms with Gasteiger partial charge in [-0.05, 0) is 56.9 Å². The summed E-state index contributed by atoms with van der Waals surface area (Å²) < 4.78 is 0. The molecule has 2 unspecified atom stereocenters. The van der Waals surface area contributed by atoms with Crippen LogP contribution in [0.15, 0.2) is 23.8 Å². The highest BCUT2D eigenvalue weighted by molar-refractivity contribution is 5.15. The van der Waals surface area contributed by atoms with Crippen molar-refractivity contribution in [3.8, 4) is 0 Å². The van der Waals surface area contributed by atoms with Crippen molar-refractivity contribution in [1.29, 1.82) is 0 Å². The van der Waals surface area contributed by atoms with Gasteiger partial charge in [-0.25, -0.2) is 0 Å². The molecular weight excluding hydrogens is 218 g/mol. The number of rotatable bonds is 8. The van der Waals surface area contributed by atoms with Crippen LogP contribution in [-0.2, 0) is 0 Å². The molecular formula is C17H31N. The van der Waals surface area contributed by atoms with Crippen LogP contribution in [0.25, 0.3) is 0 Å². The fourth-order valence-corrected chi connectivity index (χ4v) is 2.97. The zero-order valence-electron chi connectivity index (χ0n) is 12.9. The van der Waals surface area contributed by atoms with Crippen molar-refractivity contribution in [2.24, 2.45) is 17.3 Å². The summed E-state index contributed by atoms with van der Waals surface area (Å²) >= 11 is 0. The molecule has 1 N–H and O–H groups in total. The SMILES string of the molecule is C/C=C\CC1CC1CC(C)(C)/C(=C/CC)CNC. The first-order chi connectivity index (χ1) is 8.55. The summed E-state index contributed by atoms with van der Waals surface area (Å²) in [6.45, 7) is 10.2. The predicted molar refractivity (Wildman–Crippen MR) is 81.7 cm³/mol. The summed E-state index contributed by atoms with van der Waals surface area (Å²) in [7, 11) is 2.05. The Kier molecular flexibility index (Phi) is 6.14. The maximum atomic E-state index is 3.32. The fraction of sp³-hybridized carbons (Fsp3) is 0.765. The van der Waals surface area contributed by atoms with Crippen LogP contribution in [0.1, 0.15) is 53.4 Å². The van der Waals surface area contributed by atoms with Gasteiger partial charge in [-0.3, -0.25) is 0 Å². The van der Waals surface area contributed by atoms with E-state index < -0.39 is 0 Å². The molecule has 1 heteroatoms. The van der Waals surface area contributed by atoms with Crippen LogP contribution < -0.4 is 5.32 Å². The molecule has 0 spiro atoms. The van der Waals surface area contributed by atoms with Gasteiger partial charge in [-0.15, -0.1) is 0 Å². The molecule has 0 saturated heterocycles. The van der Waals surface area contributed by atoms with Crippen LogP contribution in [0.5, 0.6) is 0 Å². The maximum absolute atomic E-state index is 3.32. The molecule has 0 aliphatic heterocycles. The van der Waals surface area contributed by atoms with Gasteiger partial charge in [0.1, 0.15) is 0 Å². The highest BCUT2D eigenvalue weighted by Gasteiger charge is 2.40. The van der Waals surface area contributed by atoms with Crippen molar-refractivity contribution in [1.82, 2.24) is 5.32 Å². The van der Waals surface area contributed by atoms with E-state index in [4.69, 9.17) is 0 Å². The molecule has 0 aromatic carbocycles. The molecule has 104 valence electrons. The lowest BCUT2D eigenvalue weighted by Gasteiger charge is -2.29. The Labute approximate surface area is 114 Å². The Bertz CT molecular complexity index is 299. The number of likely N-dealkylation sites (N-methyl/N-ethyl adjacent to an activating group) is 1. The molecule has 0 heterocycles. The van der Waals surface area contributed by atoms with Crippen molar-refractivity contribution >= 4 is 0 Å². The lowest BCUT2D eigenvalue weighted by molar-refractivity contribution is 0.361. The maximum Gasteiger partial charge on any atom is 0.0166 e. The van der Waals surface area contributed by atoms with Gasteiger partial charge in [-0.1, -0.05) is 44.6 Å². The smallest absolute Gasteiger partial charge is 0.0166 e. The van der Waals surface area contributed by atoms with E-state index in [0.29, 0.717) is 5.41 Å². The summed E-state index contributed by atoms with van der Waals surface area (Å²) in [5, 5.41) is 3.32. The van der Waals surface area contributed by atoms with Gasteiger partial charge in [0, 0.05) is 6.54 Å². The summed E-state index contributed by atoms with van der Waals surface area (Å²) in [5.41, 5.74) is 1.94. The van der Waals surface area contributed by atoms with Gasteiger partial charge in [0.05, 0.1) is 0 Å². The van der Waals surface area contributed by atoms with E-state index in [9.17, 15) is 0 Å². The normalized spacial score (nSPS) is 24.8. The van der Waals surface area contributed by atoms with Gasteiger partial charge in [-0.2, -0.15) is 0 Å². The van der Waals surface area contributed by atoms with Gasteiger partial charge in [0.15, 0.2) is 0 Å². The standard InChI is InChI=1S/C17H31N/c1-6-8-10-14-11-15(14)12-17(3,4)16(9-7-2)13-18-5/h6,8-9,14-15,18H,7,10-13H2,1-5H3/b8-6-,16-9+. The Balaban J connectivity index is 2.51. The van der Waals surface area contributed by atoms with Crippen LogP contribution in [0, 0.1) is 17.3 Å². The first kappa shape index (κ1) is 15.5. The van der Waals surface area contributed by atoms with Gasteiger partial charge in [0.2, 0.25) is 0 Å². The van der Waals surface area contributed by atoms with Crippen molar-refractivity contribution in [3.05, 3.63) is 23.8 Å². The van der Waals surface area contributed by atoms with Crippen LogP contribution in [-0.4, -0.2) is 13.6 Å². The molecule has 1 nitrogen and oxygen atoms in total. The van der Waals surface area contributed by atoms with Crippen molar-refractivity contribution in [2.75, 3.05) is 13.6 Å². The summed E-state index contributed by atoms with van der Waals surface area (Å²) in [4.78, 5) is 0. The van der Waals surface area contributed by atoms with Crippen LogP contribution in [0.2, 0.25) is 0 Å². The highest BCUT2D eigenvalue weighted by atomic mass is 14.8. The van der Waals surface area contributed by atoms with E-state index in [1.54, 1.807) is 5.57 Å². The topological polar surface area (TPSA) is 12.0 Å². The zero-order chi connectivity index (χ0) is 13.6. The van der Waals surface area contributed by atoms with E-state index in [1.165, 1.54) is 19.3 Å². The third-order valence-electron chi connectivity index (χ3n) is 4.20. The minimum absolute atomic E-state index is 0.356. The number of hydrogen-bond acceptors (Lipinski definition) is 1. The lowest BCUT2D eigenvalue weighted by Crippen LogP contribution is -2.24. The van der Waals surface area contributed by atoms with Crippen LogP contribution >= 0.6 is 0 Å². The summed E-state index contributed by atoms with van der Waals surface area (Å²) in [6, 6.07) is 0. The first-order valence-electron chi connectivity index (χ1n) is 7.50. The molecule has 0 aromatic rings. The Hall–Kier alpha value is -0.560. The Morgan fingerprint density at radius 3 is 2.61 bits per heavy atom. The quantitative estimate of drug-likeness (QED) is 0.622. The van der Waals surface area contributed by atoms with Gasteiger partial charge >= 0.3 is 0 Å². The monoisotopic (exact) mass is 249 g/mol. The molecule has 0 radical (unpaired) electrons. The predicted octanol–water partition coefficient (Wildman–Crippen LogP) is 4.56. The minimum Gasteiger partial charge on any atom is -0.316 e. The molecule has 1 fully saturated rings. The number of hydrogen-bond donors (Lipinski definition) is 1. The largest absolute Gasteiger partial charge is 0.316 e. The summed E-state index contributed by atoms with van der Waals surface area (Å²) in [6.07, 6.45) is 12.1. The Morgan fingerprint density at radius 1 is 1.33 bits per heavy atom. The second-order valence-electron chi connectivity index (χ2n) is 6.32. The lowest BCUT2D eigenvalue weighted by atomic mass is 9.78. The van der Waals surface area contributed by atoms with E-state index in [-0.39, 0.29) is 0 Å². The molecule has 1 aliphatic rings. The minimum atomic E-state index is 0.356. The average molecular weight is 249 g/mol. The van der Waals surface area contributed by atoms with Gasteiger partial charge in [0.25, 0.3) is 0 Å². The molecule has 18 heavy (non-hydrogen) atoms. The van der Waals surface area contributed by atoms with Crippen molar-refractivity contribution in [2.45, 2.75) is 53.4 Å². The fourth-order valence-electron chi connectivity index (χ4n) is 2.97. The third kappa shape index (κ3) is 4.61. The van der Waals surface area contributed by atoms with Gasteiger partial charge < -0.3 is 5.32 Å². The first-order valence-corrected chi connectivity index (χ1v) is 7.50. The molecule has 1 rings (SSSR count). The zero-order valence-corrected chi connectivity index (χ0v) is 12.9. The second-order valence-corrected chi connectivity index (χ2v) is 6.32. The molecule has 0 amide bonds. The summed E-state index contributed by atoms with van der Waals surface area (Å²) in [5.74, 6) is 1.91. The average Bonchev–Trinajstić information content (AvgIpc) is 3.03. The van der Waals surface area contributed by atoms with E-state index in [2.05, 4.69) is 51.2 Å². The third-order valence-corrected chi connectivity index (χ3v) is 4.20. The van der Waals surface area contributed by atoms with Crippen LogP contribution in [0.3, 0.4) is 0 Å². The van der Waals surface area contributed by atoms with Crippen molar-refractivity contribution < 1.29 is 0 Å². The second kappa shape index (κ2) is 7.13. The Morgan fingerprint density at radius 2 is 2.06 bits per heavy atom. The molecule has 2 atom stereocenters. The van der Waals surface area contributed by atoms with Crippen LogP contribution in [0.4, 0.5) is 0 Å².